The predicted octanol–water partition coefficient (Wildman–Crippen LogP) is 5.79. The zero-order valence-electron chi connectivity index (χ0n) is 20.9. The number of benzene rings is 3. The Morgan fingerprint density at radius 2 is 1.60 bits per heavy atom. The van der Waals surface area contributed by atoms with Crippen molar-refractivity contribution in [3.05, 3.63) is 95.7 Å². The fraction of sp³-hybridized carbons (Fsp3) is 0.154. The number of aromatic nitrogens is 1. The van der Waals surface area contributed by atoms with Gasteiger partial charge in [-0.3, -0.25) is 5.32 Å². The maximum Gasteiger partial charge on any atom is 0.573 e. The molecule has 0 radical (unpaired) electrons. The standard InChI is InChI=1S/C26H18F6N4O5S/c27-25(28,29)21-20-4-2-1-3-17(20)13-33-23(21)36(14-15-5-9-18(10-6-15)40-26(30,31)32)42(38,39)19-11-7-16(8-12-19)22-34-24(37)41-35-22/h1-13,22,35H,14H2,(H,34,37). The van der Waals surface area contributed by atoms with Crippen molar-refractivity contribution in [3.63, 3.8) is 0 Å². The molecule has 1 saturated heterocycles. The summed E-state index contributed by atoms with van der Waals surface area (Å²) >= 11 is 0. The zero-order chi connectivity index (χ0) is 30.3. The predicted molar refractivity (Wildman–Crippen MR) is 135 cm³/mol. The summed E-state index contributed by atoms with van der Waals surface area (Å²) in [5, 5.41) is 2.23. The Morgan fingerprint density at radius 3 is 2.19 bits per heavy atom. The third kappa shape index (κ3) is 6.03. The van der Waals surface area contributed by atoms with E-state index >= 15 is 0 Å². The normalized spacial score (nSPS) is 15.8. The van der Waals surface area contributed by atoms with Crippen molar-refractivity contribution in [3.8, 4) is 5.75 Å². The number of ether oxygens (including phenoxy) is 1. The van der Waals surface area contributed by atoms with Crippen molar-refractivity contribution in [2.24, 2.45) is 0 Å². The van der Waals surface area contributed by atoms with Gasteiger partial charge in [0.05, 0.1) is 11.4 Å². The number of nitrogens with zero attached hydrogens (tertiary/aromatic N) is 2. The molecule has 1 amide bonds. The van der Waals surface area contributed by atoms with Crippen LogP contribution < -0.4 is 19.8 Å². The average Bonchev–Trinajstić information content (AvgIpc) is 3.37. The van der Waals surface area contributed by atoms with E-state index in [-0.39, 0.29) is 16.3 Å². The van der Waals surface area contributed by atoms with Crippen molar-refractivity contribution in [2.75, 3.05) is 4.31 Å². The fourth-order valence-electron chi connectivity index (χ4n) is 4.26. The first-order valence-corrected chi connectivity index (χ1v) is 13.3. The van der Waals surface area contributed by atoms with Gasteiger partial charge in [0.15, 0.2) is 5.82 Å². The highest BCUT2D eigenvalue weighted by atomic mass is 32.2. The third-order valence-corrected chi connectivity index (χ3v) is 7.87. The minimum absolute atomic E-state index is 0.0443. The summed E-state index contributed by atoms with van der Waals surface area (Å²) in [6.07, 6.45) is -10.5. The van der Waals surface area contributed by atoms with Crippen LogP contribution in [-0.2, 0) is 27.6 Å². The molecule has 1 aromatic heterocycles. The lowest BCUT2D eigenvalue weighted by Gasteiger charge is -2.27. The molecule has 42 heavy (non-hydrogen) atoms. The van der Waals surface area contributed by atoms with Gasteiger partial charge in [-0.1, -0.05) is 48.5 Å². The molecule has 1 fully saturated rings. The number of carbonyl (C=O) groups excluding carboxylic acids is 1. The highest BCUT2D eigenvalue weighted by Gasteiger charge is 2.41. The van der Waals surface area contributed by atoms with Crippen LogP contribution in [0.5, 0.6) is 5.75 Å². The molecular formula is C26H18F6N4O5S. The maximum absolute atomic E-state index is 14.5. The van der Waals surface area contributed by atoms with E-state index < -0.39 is 63.4 Å². The van der Waals surface area contributed by atoms with Gasteiger partial charge in [0, 0.05) is 11.6 Å². The van der Waals surface area contributed by atoms with Gasteiger partial charge in [0.1, 0.15) is 17.5 Å². The molecule has 1 atom stereocenters. The van der Waals surface area contributed by atoms with Gasteiger partial charge < -0.3 is 9.57 Å². The van der Waals surface area contributed by atoms with Gasteiger partial charge in [-0.15, -0.1) is 18.7 Å². The Kier molecular flexibility index (Phi) is 7.36. The largest absolute Gasteiger partial charge is 0.573 e. The van der Waals surface area contributed by atoms with Crippen LogP contribution >= 0.6 is 0 Å². The fourth-order valence-corrected chi connectivity index (χ4v) is 5.68. The molecule has 220 valence electrons. The van der Waals surface area contributed by atoms with Crippen molar-refractivity contribution in [1.29, 1.82) is 0 Å². The lowest BCUT2D eigenvalue weighted by atomic mass is 10.1. The molecule has 4 aromatic rings. The minimum Gasteiger partial charge on any atom is -0.406 e. The molecule has 0 saturated carbocycles. The van der Waals surface area contributed by atoms with Gasteiger partial charge in [0.25, 0.3) is 10.0 Å². The number of fused-ring (bicyclic) bond motifs is 1. The number of amides is 1. The average molecular weight is 613 g/mol. The Bertz CT molecular complexity index is 1730. The van der Waals surface area contributed by atoms with Crippen LogP contribution in [0.2, 0.25) is 0 Å². The van der Waals surface area contributed by atoms with Gasteiger partial charge in [-0.2, -0.15) is 13.2 Å². The van der Waals surface area contributed by atoms with E-state index in [0.29, 0.717) is 9.87 Å². The summed E-state index contributed by atoms with van der Waals surface area (Å²) in [7, 11) is -4.77. The van der Waals surface area contributed by atoms with Gasteiger partial charge in [-0.25, -0.2) is 22.5 Å². The third-order valence-electron chi connectivity index (χ3n) is 6.12. The highest BCUT2D eigenvalue weighted by molar-refractivity contribution is 7.92. The number of rotatable bonds is 7. The van der Waals surface area contributed by atoms with Crippen LogP contribution in [0.4, 0.5) is 37.0 Å². The second-order valence-corrected chi connectivity index (χ2v) is 10.8. The van der Waals surface area contributed by atoms with Gasteiger partial charge in [0.2, 0.25) is 0 Å². The van der Waals surface area contributed by atoms with Crippen LogP contribution in [-0.4, -0.2) is 25.9 Å². The van der Waals surface area contributed by atoms with E-state index in [9.17, 15) is 39.6 Å². The Balaban J connectivity index is 1.61. The van der Waals surface area contributed by atoms with Crippen LogP contribution in [0.1, 0.15) is 22.9 Å². The van der Waals surface area contributed by atoms with Crippen molar-refractivity contribution < 1.29 is 49.1 Å². The smallest absolute Gasteiger partial charge is 0.406 e. The molecule has 1 aliphatic rings. The van der Waals surface area contributed by atoms with Crippen LogP contribution in [0, 0.1) is 0 Å². The van der Waals surface area contributed by atoms with E-state index in [1.807, 2.05) is 0 Å². The Hall–Kier alpha value is -4.57. The summed E-state index contributed by atoms with van der Waals surface area (Å²) < 4.78 is 113. The first kappa shape index (κ1) is 28.9. The van der Waals surface area contributed by atoms with Crippen molar-refractivity contribution in [2.45, 2.75) is 30.1 Å². The van der Waals surface area contributed by atoms with Crippen molar-refractivity contribution in [1.82, 2.24) is 15.8 Å². The maximum atomic E-state index is 14.5. The van der Waals surface area contributed by atoms with Gasteiger partial charge >= 0.3 is 18.6 Å². The van der Waals surface area contributed by atoms with Crippen LogP contribution in [0.25, 0.3) is 10.8 Å². The number of hydroxylamine groups is 1. The van der Waals surface area contributed by atoms with E-state index in [0.717, 1.165) is 42.6 Å². The number of alkyl halides is 6. The number of halogens is 6. The molecule has 3 aromatic carbocycles. The molecule has 2 heterocycles. The van der Waals surface area contributed by atoms with E-state index in [1.54, 1.807) is 0 Å². The molecule has 0 spiro atoms. The number of anilines is 1. The number of sulfonamides is 1. The van der Waals surface area contributed by atoms with E-state index in [1.165, 1.54) is 36.4 Å². The SMILES string of the molecule is O=C1NC(c2ccc(S(=O)(=O)N(Cc3ccc(OC(F)(F)F)cc3)c3ncc4ccccc4c3C(F)(F)F)cc2)NO1. The number of hydrogen-bond donors (Lipinski definition) is 2. The monoisotopic (exact) mass is 612 g/mol. The first-order chi connectivity index (χ1) is 19.7. The topological polar surface area (TPSA) is 110 Å². The highest BCUT2D eigenvalue weighted by Crippen LogP contribution is 2.42. The molecule has 9 nitrogen and oxygen atoms in total. The molecule has 0 aliphatic carbocycles. The molecule has 16 heteroatoms. The molecule has 0 bridgehead atoms. The minimum atomic E-state index is -5.04. The van der Waals surface area contributed by atoms with Crippen LogP contribution in [0.3, 0.4) is 0 Å². The number of carbonyl (C=O) groups is 1. The van der Waals surface area contributed by atoms with Crippen LogP contribution in [0.15, 0.2) is 83.9 Å². The summed E-state index contributed by atoms with van der Waals surface area (Å²) in [6.45, 7) is -0.723. The Morgan fingerprint density at radius 1 is 0.929 bits per heavy atom. The molecule has 1 aliphatic heterocycles. The Labute approximate surface area is 233 Å². The second kappa shape index (κ2) is 10.7. The number of pyridine rings is 1. The lowest BCUT2D eigenvalue weighted by molar-refractivity contribution is -0.274. The zero-order valence-corrected chi connectivity index (χ0v) is 21.7. The lowest BCUT2D eigenvalue weighted by Crippen LogP contribution is -2.33. The summed E-state index contributed by atoms with van der Waals surface area (Å²) in [6, 6.07) is 14.3. The van der Waals surface area contributed by atoms with Gasteiger partial charge in [-0.05, 0) is 40.8 Å². The number of nitrogens with one attached hydrogen (secondary N) is 2. The summed E-state index contributed by atoms with van der Waals surface area (Å²) in [5.41, 5.74) is 1.50. The van der Waals surface area contributed by atoms with E-state index in [4.69, 9.17) is 0 Å². The molecule has 1 unspecified atom stereocenters. The molecular weight excluding hydrogens is 594 g/mol. The second-order valence-electron chi connectivity index (χ2n) is 8.90. The van der Waals surface area contributed by atoms with Crippen molar-refractivity contribution >= 4 is 32.7 Å². The molecule has 2 N–H and O–H groups in total. The first-order valence-electron chi connectivity index (χ1n) is 11.9. The van der Waals surface area contributed by atoms with E-state index in [2.05, 4.69) is 25.4 Å². The number of hydrogen-bond acceptors (Lipinski definition) is 7. The molecule has 5 rings (SSSR count). The quantitative estimate of drug-likeness (QED) is 0.254. The summed E-state index contributed by atoms with van der Waals surface area (Å²) in [4.78, 5) is 19.4. The summed E-state index contributed by atoms with van der Waals surface area (Å²) in [5.74, 6) is -1.54.